The lowest BCUT2D eigenvalue weighted by atomic mass is 10.2. The zero-order valence-electron chi connectivity index (χ0n) is 18.4. The number of aromatic nitrogens is 3. The Hall–Kier alpha value is -3.22. The summed E-state index contributed by atoms with van der Waals surface area (Å²) in [5.41, 5.74) is 4.09. The minimum atomic E-state index is -0.121. The molecular formula is C25H26ClN5O. The number of imidazole rings is 1. The Kier molecular flexibility index (Phi) is 6.53. The van der Waals surface area contributed by atoms with Gasteiger partial charge in [-0.2, -0.15) is 0 Å². The van der Waals surface area contributed by atoms with Crippen molar-refractivity contribution in [3.05, 3.63) is 88.8 Å². The molecule has 2 aromatic heterocycles. The fourth-order valence-electron chi connectivity index (χ4n) is 3.66. The first kappa shape index (κ1) is 22.0. The van der Waals surface area contributed by atoms with Gasteiger partial charge in [0.05, 0.1) is 23.6 Å². The molecule has 2 heterocycles. The van der Waals surface area contributed by atoms with Crippen molar-refractivity contribution in [2.75, 3.05) is 18.9 Å². The van der Waals surface area contributed by atoms with Gasteiger partial charge in [0.15, 0.2) is 0 Å². The van der Waals surface area contributed by atoms with Gasteiger partial charge in [0.25, 0.3) is 0 Å². The molecule has 1 atom stereocenters. The number of hydrogen-bond acceptors (Lipinski definition) is 4. The van der Waals surface area contributed by atoms with Crippen molar-refractivity contribution in [1.82, 2.24) is 19.4 Å². The maximum Gasteiger partial charge on any atom is 0.239 e. The molecule has 0 bridgehead atoms. The van der Waals surface area contributed by atoms with Gasteiger partial charge in [-0.25, -0.2) is 9.97 Å². The van der Waals surface area contributed by atoms with Crippen molar-refractivity contribution in [3.8, 4) is 0 Å². The number of pyridine rings is 1. The third-order valence-electron chi connectivity index (χ3n) is 5.53. The SMILES string of the molecule is Cc1ccc(NC(=O)CN(C)C(C)c2nc3cc(Cl)ccc3n2Cc2ccccc2)nc1. The van der Waals surface area contributed by atoms with E-state index in [0.717, 1.165) is 22.4 Å². The number of hydrogen-bond donors (Lipinski definition) is 1. The number of nitrogens with zero attached hydrogens (tertiary/aromatic N) is 4. The fraction of sp³-hybridized carbons (Fsp3) is 0.240. The molecule has 0 saturated carbocycles. The van der Waals surface area contributed by atoms with E-state index in [1.54, 1.807) is 12.3 Å². The van der Waals surface area contributed by atoms with Crippen LogP contribution in [0, 0.1) is 6.92 Å². The third kappa shape index (κ3) is 4.98. The molecule has 0 aliphatic carbocycles. The molecule has 1 amide bonds. The third-order valence-corrected chi connectivity index (χ3v) is 5.77. The molecule has 0 fully saturated rings. The number of nitrogens with one attached hydrogen (secondary N) is 1. The van der Waals surface area contributed by atoms with Gasteiger partial charge in [0, 0.05) is 17.8 Å². The van der Waals surface area contributed by atoms with E-state index in [1.165, 1.54) is 5.56 Å². The van der Waals surface area contributed by atoms with E-state index in [-0.39, 0.29) is 18.5 Å². The second kappa shape index (κ2) is 9.51. The number of amides is 1. The van der Waals surface area contributed by atoms with Crippen LogP contribution in [-0.2, 0) is 11.3 Å². The molecule has 0 aliphatic heterocycles. The van der Waals surface area contributed by atoms with Crippen molar-refractivity contribution in [2.45, 2.75) is 26.4 Å². The number of carbonyl (C=O) groups is 1. The molecule has 0 saturated heterocycles. The van der Waals surface area contributed by atoms with E-state index >= 15 is 0 Å². The maximum absolute atomic E-state index is 12.6. The van der Waals surface area contributed by atoms with Gasteiger partial charge in [-0.05, 0) is 56.3 Å². The van der Waals surface area contributed by atoms with Crippen molar-refractivity contribution in [3.63, 3.8) is 0 Å². The van der Waals surface area contributed by atoms with Crippen LogP contribution in [0.3, 0.4) is 0 Å². The Morgan fingerprint density at radius 3 is 2.66 bits per heavy atom. The summed E-state index contributed by atoms with van der Waals surface area (Å²) in [6.07, 6.45) is 1.74. The topological polar surface area (TPSA) is 63.1 Å². The Labute approximate surface area is 192 Å². The van der Waals surface area contributed by atoms with Crippen LogP contribution >= 0.6 is 11.6 Å². The molecule has 7 heteroatoms. The first-order valence-corrected chi connectivity index (χ1v) is 10.9. The van der Waals surface area contributed by atoms with Crippen molar-refractivity contribution in [2.24, 2.45) is 0 Å². The first-order chi connectivity index (χ1) is 15.4. The van der Waals surface area contributed by atoms with Crippen LogP contribution in [0.2, 0.25) is 5.02 Å². The minimum absolute atomic E-state index is 0.0957. The van der Waals surface area contributed by atoms with Crippen LogP contribution in [0.5, 0.6) is 0 Å². The second-order valence-corrected chi connectivity index (χ2v) is 8.47. The number of aryl methyl sites for hydroxylation is 1. The van der Waals surface area contributed by atoms with Gasteiger partial charge in [0.1, 0.15) is 11.6 Å². The number of likely N-dealkylation sites (N-methyl/N-ethyl adjacent to an activating group) is 1. The lowest BCUT2D eigenvalue weighted by molar-refractivity contribution is -0.117. The Morgan fingerprint density at radius 1 is 1.16 bits per heavy atom. The van der Waals surface area contributed by atoms with Crippen LogP contribution in [0.4, 0.5) is 5.82 Å². The molecule has 1 N–H and O–H groups in total. The van der Waals surface area contributed by atoms with Crippen LogP contribution in [0.25, 0.3) is 11.0 Å². The summed E-state index contributed by atoms with van der Waals surface area (Å²) in [5, 5.41) is 3.51. The average molecular weight is 448 g/mol. The fourth-order valence-corrected chi connectivity index (χ4v) is 3.82. The van der Waals surface area contributed by atoms with Gasteiger partial charge in [0.2, 0.25) is 5.91 Å². The molecule has 4 rings (SSSR count). The highest BCUT2D eigenvalue weighted by molar-refractivity contribution is 6.31. The number of rotatable bonds is 7. The van der Waals surface area contributed by atoms with Crippen LogP contribution < -0.4 is 5.32 Å². The van der Waals surface area contributed by atoms with E-state index in [0.29, 0.717) is 17.4 Å². The summed E-state index contributed by atoms with van der Waals surface area (Å²) < 4.78 is 2.20. The Morgan fingerprint density at radius 2 is 1.94 bits per heavy atom. The zero-order valence-corrected chi connectivity index (χ0v) is 19.2. The standard InChI is InChI=1S/C25H26ClN5O/c1-17-9-12-23(27-14-17)29-24(32)16-30(3)18(2)25-28-21-13-20(26)10-11-22(21)31(25)15-19-7-5-4-6-8-19/h4-14,18H,15-16H2,1-3H3,(H,27,29,32). The molecule has 0 aliphatic rings. The summed E-state index contributed by atoms with van der Waals surface area (Å²) >= 11 is 6.22. The van der Waals surface area contributed by atoms with Crippen molar-refractivity contribution >= 4 is 34.4 Å². The highest BCUT2D eigenvalue weighted by Gasteiger charge is 2.22. The normalized spacial score (nSPS) is 12.3. The molecule has 0 radical (unpaired) electrons. The van der Waals surface area contributed by atoms with Crippen LogP contribution in [-0.4, -0.2) is 38.9 Å². The number of halogens is 1. The van der Waals surface area contributed by atoms with Gasteiger partial charge in [-0.15, -0.1) is 0 Å². The van der Waals surface area contributed by atoms with E-state index in [1.807, 2.05) is 61.3 Å². The van der Waals surface area contributed by atoms with Gasteiger partial charge < -0.3 is 9.88 Å². The number of anilines is 1. The van der Waals surface area contributed by atoms with E-state index in [9.17, 15) is 4.79 Å². The summed E-state index contributed by atoms with van der Waals surface area (Å²) in [5.74, 6) is 1.31. The monoisotopic (exact) mass is 447 g/mol. The quantitative estimate of drug-likeness (QED) is 0.429. The van der Waals surface area contributed by atoms with Crippen molar-refractivity contribution in [1.29, 1.82) is 0 Å². The summed E-state index contributed by atoms with van der Waals surface area (Å²) in [4.78, 5) is 23.7. The lowest BCUT2D eigenvalue weighted by Gasteiger charge is -2.24. The predicted molar refractivity (Wildman–Crippen MR) is 129 cm³/mol. The van der Waals surface area contributed by atoms with Gasteiger partial charge >= 0.3 is 0 Å². The molecule has 2 aromatic carbocycles. The van der Waals surface area contributed by atoms with Crippen LogP contribution in [0.15, 0.2) is 66.9 Å². The lowest BCUT2D eigenvalue weighted by Crippen LogP contribution is -2.33. The summed E-state index contributed by atoms with van der Waals surface area (Å²) in [7, 11) is 1.92. The van der Waals surface area contributed by atoms with E-state index in [2.05, 4.69) is 33.9 Å². The Bertz CT molecular complexity index is 1220. The number of benzene rings is 2. The van der Waals surface area contributed by atoms with E-state index < -0.39 is 0 Å². The Balaban J connectivity index is 1.57. The predicted octanol–water partition coefficient (Wildman–Crippen LogP) is 5.07. The number of carbonyl (C=O) groups excluding carboxylic acids is 1. The molecule has 4 aromatic rings. The van der Waals surface area contributed by atoms with E-state index in [4.69, 9.17) is 16.6 Å². The smallest absolute Gasteiger partial charge is 0.239 e. The van der Waals surface area contributed by atoms with Crippen LogP contribution in [0.1, 0.15) is 29.9 Å². The maximum atomic E-state index is 12.6. The first-order valence-electron chi connectivity index (χ1n) is 10.5. The summed E-state index contributed by atoms with van der Waals surface area (Å²) in [6, 6.07) is 19.7. The minimum Gasteiger partial charge on any atom is -0.322 e. The summed E-state index contributed by atoms with van der Waals surface area (Å²) in [6.45, 7) is 4.92. The molecule has 6 nitrogen and oxygen atoms in total. The second-order valence-electron chi connectivity index (χ2n) is 8.03. The van der Waals surface area contributed by atoms with Crippen molar-refractivity contribution < 1.29 is 4.79 Å². The highest BCUT2D eigenvalue weighted by Crippen LogP contribution is 2.27. The largest absolute Gasteiger partial charge is 0.322 e. The number of fused-ring (bicyclic) bond motifs is 1. The molecular weight excluding hydrogens is 422 g/mol. The van der Waals surface area contributed by atoms with Gasteiger partial charge in [-0.3, -0.25) is 9.69 Å². The molecule has 1 unspecified atom stereocenters. The average Bonchev–Trinajstić information content (AvgIpc) is 3.12. The van der Waals surface area contributed by atoms with Gasteiger partial charge in [-0.1, -0.05) is 48.0 Å². The molecule has 164 valence electrons. The highest BCUT2D eigenvalue weighted by atomic mass is 35.5. The zero-order chi connectivity index (χ0) is 22.7. The molecule has 0 spiro atoms. The molecule has 32 heavy (non-hydrogen) atoms.